The largest absolute Gasteiger partial charge is 0.530 e. The molecule has 4 aromatic carbocycles. The molecule has 16 rings (SSSR count). The van der Waals surface area contributed by atoms with Crippen molar-refractivity contribution in [1.29, 1.82) is 0 Å². The van der Waals surface area contributed by atoms with Gasteiger partial charge in [-0.3, -0.25) is 93.6 Å². The number of halogens is 4. The Morgan fingerprint density at radius 2 is 0.606 bits per heavy atom. The molecule has 4 aromatic heterocycles. The fourth-order valence-corrected chi connectivity index (χ4v) is 19.1. The van der Waals surface area contributed by atoms with E-state index >= 15 is 17.6 Å². The third-order valence-corrected chi connectivity index (χ3v) is 25.6. The van der Waals surface area contributed by atoms with Gasteiger partial charge in [0.05, 0.1) is 83.3 Å². The quantitative estimate of drug-likeness (QED) is 0.0376. The number of hydrogen-bond donors (Lipinski definition) is 16. The third kappa shape index (κ3) is 20.4. The molecule has 4 unspecified atom stereocenters. The van der Waals surface area contributed by atoms with E-state index in [2.05, 4.69) is 0 Å². The molecular formula is C76H88F4N8O40P4. The molecule has 0 aliphatic carbocycles. The zero-order valence-electron chi connectivity index (χ0n) is 75.7. The Balaban J connectivity index is 0.000000155. The van der Waals surface area contributed by atoms with Crippen LogP contribution in [-0.4, -0.2) is 198 Å². The first kappa shape index (κ1) is 91.6. The minimum atomic E-state index is -4.89. The van der Waals surface area contributed by atoms with E-state index in [1.54, 1.807) is 100 Å². The van der Waals surface area contributed by atoms with Crippen LogP contribution in [0.5, 0.6) is 23.0 Å². The van der Waals surface area contributed by atoms with Crippen molar-refractivity contribution in [2.75, 3.05) is 26.3 Å². The monoisotopic (exact) mass is 1960 g/mol. The lowest BCUT2D eigenvalue weighted by molar-refractivity contribution is -0.205. The van der Waals surface area contributed by atoms with Gasteiger partial charge >= 0.3 is 54.0 Å². The van der Waals surface area contributed by atoms with E-state index in [-0.39, 0.29) is 70.7 Å². The Kier molecular flexibility index (Phi) is 26.6. The van der Waals surface area contributed by atoms with E-state index in [9.17, 15) is 118 Å². The van der Waals surface area contributed by atoms with Crippen LogP contribution in [0.4, 0.5) is 17.6 Å². The number of aromatic amines is 4. The van der Waals surface area contributed by atoms with Gasteiger partial charge in [-0.25, -0.2) is 55.0 Å². The van der Waals surface area contributed by atoms with Gasteiger partial charge in [-0.15, -0.1) is 0 Å². The van der Waals surface area contributed by atoms with Gasteiger partial charge in [0.2, 0.25) is 0 Å². The highest BCUT2D eigenvalue weighted by Gasteiger charge is 2.62. The van der Waals surface area contributed by atoms with Gasteiger partial charge in [-0.2, -0.15) is 0 Å². The SMILES string of the molecule is Cc1cc(C)c2c(c1)COP(=O)(OC[C@@]1(F)O[C@@H](n3cc(CO)c(=O)[nH]c3=O)[C@H](O)[C@@H]1O)O2.[2H]C([2H])(OP1(=O)OCc2cc(C)cc(C)c2O1)[C@@]1(F)O[C@@H](n2cc(CO)c(=O)[nH]c2=O)[C@H](O)[C@@H]1O.[2H]C([2H])(OP1(=O)OCc2cc(C)cc(C)c2O1)[C@@]1(F)O[C@@]([2H])(n2cc(CO)c(=O)[nH]c2=O)[C@H](O)[C@@H]1O.[2H][C@@]1(n2cc(CO)c(=O)[nH]c2=O)O[C@](F)(COP2(=O)OCc3cc(C)cc(C)c3O2)[C@@H](O)[C@H]1O. The van der Waals surface area contributed by atoms with Gasteiger partial charge in [0.1, 0.15) is 98.2 Å². The lowest BCUT2D eigenvalue weighted by Gasteiger charge is -2.29. The second-order valence-electron chi connectivity index (χ2n) is 30.7. The Hall–Kier alpha value is -9.52. The second-order valence-corrected chi connectivity index (χ2v) is 36.9. The maximum Gasteiger partial charge on any atom is 0.530 e. The number of ether oxygens (including phenoxy) is 4. The maximum absolute atomic E-state index is 15.9. The first-order valence-electron chi connectivity index (χ1n) is 41.7. The van der Waals surface area contributed by atoms with Crippen LogP contribution in [0, 0.1) is 55.4 Å². The van der Waals surface area contributed by atoms with Crippen LogP contribution in [0.25, 0.3) is 0 Å². The van der Waals surface area contributed by atoms with E-state index in [0.29, 0.717) is 70.6 Å². The standard InChI is InChI=1S/4C19H22FN2O10P/c4*1-9-3-10(2)14-11(4-9)7-29-33(28,32-14)30-8-19(20)15(25)13(24)17(31-19)22-5-12(6-23)16(26)21-18(22)27/h4*3-5,13,15,17,23-25H,6-8H2,1-2H3,(H,21,26,27)/t4*13-,15+,17-,19-,33?/m1111/s1/i8D2,17D;17D;8D2;. The minimum absolute atomic E-state index is 0.0537. The number of nitrogens with zero attached hydrogens (tertiary/aromatic N) is 4. The van der Waals surface area contributed by atoms with Gasteiger partial charge in [0.25, 0.3) is 45.7 Å². The summed E-state index contributed by atoms with van der Waals surface area (Å²) < 4.78 is 246. The fraction of sp³-hybridized carbons (Fsp3) is 0.474. The summed E-state index contributed by atoms with van der Waals surface area (Å²) in [4.78, 5) is 103. The Morgan fingerprint density at radius 1 is 0.371 bits per heavy atom. The first-order chi connectivity index (χ1) is 64.1. The number of H-pyrrole nitrogens is 4. The molecule has 0 bridgehead atoms. The maximum atomic E-state index is 15.9. The molecular weight excluding hydrogens is 1860 g/mol. The fourth-order valence-electron chi connectivity index (χ4n) is 14.2. The number of alkyl halides is 4. The Bertz CT molecular complexity index is 6860. The summed E-state index contributed by atoms with van der Waals surface area (Å²) in [6, 6.07) is 13.8. The van der Waals surface area contributed by atoms with Crippen LogP contribution in [0.3, 0.4) is 0 Å². The van der Waals surface area contributed by atoms with Gasteiger partial charge in [0.15, 0.2) is 24.9 Å². The molecule has 0 saturated carbocycles. The second kappa shape index (κ2) is 38.3. The number of fused-ring (bicyclic) bond motifs is 4. The zero-order chi connectivity index (χ0) is 102. The topological polar surface area (TPSA) is 678 Å². The van der Waals surface area contributed by atoms with Crippen molar-refractivity contribution in [1.82, 2.24) is 38.2 Å². The van der Waals surface area contributed by atoms with Gasteiger partial charge in [0, 0.05) is 47.0 Å². The van der Waals surface area contributed by atoms with Gasteiger partial charge < -0.3 is 98.3 Å². The normalized spacial score (nSPS) is 33.3. The van der Waals surface area contributed by atoms with E-state index in [0.717, 1.165) is 34.6 Å². The van der Waals surface area contributed by atoms with Gasteiger partial charge in [-0.05, 0) is 77.6 Å². The molecule has 16 N–H and O–H groups in total. The smallest absolute Gasteiger partial charge is 0.403 e. The molecule has 8 aliphatic heterocycles. The van der Waals surface area contributed by atoms with Crippen molar-refractivity contribution in [3.05, 3.63) is 246 Å². The van der Waals surface area contributed by atoms with Crippen LogP contribution in [0.1, 0.15) is 122 Å². The highest BCUT2D eigenvalue weighted by Crippen LogP contribution is 2.61. The number of aliphatic hydroxyl groups excluding tert-OH is 12. The number of aryl methyl sites for hydroxylation is 8. The molecule has 4 fully saturated rings. The summed E-state index contributed by atoms with van der Waals surface area (Å²) in [5.74, 6) is -13.8. The molecule has 720 valence electrons. The highest BCUT2D eigenvalue weighted by molar-refractivity contribution is 7.49. The molecule has 8 aromatic rings. The molecule has 8 aliphatic rings. The number of aromatic nitrogens is 8. The molecule has 48 nitrogen and oxygen atoms in total. The number of hydrogen-bond acceptors (Lipinski definition) is 40. The predicted molar refractivity (Wildman–Crippen MR) is 432 cm³/mol. The average Bonchev–Trinajstić information content (AvgIpc) is 1.56. The number of phosphoric ester groups is 4. The summed E-state index contributed by atoms with van der Waals surface area (Å²) in [5.41, 5.74) is -2.25. The number of aliphatic hydroxyl groups is 12. The van der Waals surface area contributed by atoms with Crippen molar-refractivity contribution < 1.29 is 179 Å². The predicted octanol–water partition coefficient (Wildman–Crippen LogP) is 1.18. The summed E-state index contributed by atoms with van der Waals surface area (Å²) in [7, 11) is -18.4. The van der Waals surface area contributed by atoms with Crippen molar-refractivity contribution in [2.45, 2.75) is 205 Å². The zero-order valence-corrected chi connectivity index (χ0v) is 73.2. The Labute approximate surface area is 745 Å². The number of phosphoric acid groups is 4. The third-order valence-electron chi connectivity index (χ3n) is 20.7. The van der Waals surface area contributed by atoms with Crippen LogP contribution in [-0.2, 0) is 126 Å². The van der Waals surface area contributed by atoms with E-state index in [1.165, 1.54) is 0 Å². The van der Waals surface area contributed by atoms with Crippen LogP contribution in [0.15, 0.2) is 112 Å². The van der Waals surface area contributed by atoms with Crippen molar-refractivity contribution in [3.8, 4) is 23.0 Å². The van der Waals surface area contributed by atoms with E-state index in [1.807, 2.05) is 23.8 Å². The lowest BCUT2D eigenvalue weighted by Crippen LogP contribution is -2.43. The summed E-state index contributed by atoms with van der Waals surface area (Å²) >= 11 is 0. The van der Waals surface area contributed by atoms with Crippen molar-refractivity contribution in [3.63, 3.8) is 0 Å². The Morgan fingerprint density at radius 3 is 0.909 bits per heavy atom. The van der Waals surface area contributed by atoms with Gasteiger partial charge in [-0.1, -0.05) is 70.8 Å². The first-order valence-corrected chi connectivity index (χ1v) is 44.6. The molecule has 0 radical (unpaired) electrons. The molecule has 132 heavy (non-hydrogen) atoms. The minimum Gasteiger partial charge on any atom is -0.403 e. The van der Waals surface area contributed by atoms with Crippen molar-refractivity contribution in [2.24, 2.45) is 0 Å². The number of rotatable bonds is 20. The summed E-state index contributed by atoms with van der Waals surface area (Å²) in [6.45, 7) is -0.435. The summed E-state index contributed by atoms with van der Waals surface area (Å²) in [5, 5.41) is 120. The van der Waals surface area contributed by atoms with E-state index in [4.69, 9.17) is 81.5 Å². The number of nitrogens with one attached hydrogen (secondary N) is 4. The average molecular weight is 1960 g/mol. The number of benzene rings is 4. The molecule has 12 heterocycles. The molecule has 0 amide bonds. The molecule has 20 atom stereocenters. The van der Waals surface area contributed by atoms with Crippen LogP contribution < -0.4 is 63.1 Å². The molecule has 0 spiro atoms. The van der Waals surface area contributed by atoms with Crippen molar-refractivity contribution >= 4 is 31.3 Å². The highest BCUT2D eigenvalue weighted by atomic mass is 31.2. The van der Waals surface area contributed by atoms with E-state index < -0.39 is 232 Å². The molecule has 56 heteroatoms. The van der Waals surface area contributed by atoms with Crippen LogP contribution in [0.2, 0.25) is 0 Å². The van der Waals surface area contributed by atoms with Crippen LogP contribution >= 0.6 is 31.3 Å². The molecule has 4 saturated heterocycles. The lowest BCUT2D eigenvalue weighted by atomic mass is 10.1. The summed E-state index contributed by atoms with van der Waals surface area (Å²) in [6.07, 6.45) is -26.7.